The molecule has 1 aromatic carbocycles. The highest BCUT2D eigenvalue weighted by Crippen LogP contribution is 2.22. The van der Waals surface area contributed by atoms with Crippen molar-refractivity contribution in [1.82, 2.24) is 9.29 Å². The number of thioether (sulfide) groups is 1. The Hall–Kier alpha value is -2.06. The summed E-state index contributed by atoms with van der Waals surface area (Å²) >= 11 is 2.40. The number of rotatable bonds is 7. The highest BCUT2D eigenvalue weighted by Gasteiger charge is 2.27. The molecule has 0 saturated carbocycles. The summed E-state index contributed by atoms with van der Waals surface area (Å²) < 4.78 is 45.7. The Labute approximate surface area is 193 Å². The molecule has 0 spiro atoms. The molecule has 0 unspecified atom stereocenters. The van der Waals surface area contributed by atoms with Crippen molar-refractivity contribution in [2.75, 3.05) is 43.1 Å². The number of ether oxygens (including phenoxy) is 1. The Bertz CT molecular complexity index is 1080. The van der Waals surface area contributed by atoms with Gasteiger partial charge in [-0.15, -0.1) is 0 Å². The van der Waals surface area contributed by atoms with Gasteiger partial charge in [0.2, 0.25) is 10.0 Å². The molecule has 9 nitrogen and oxygen atoms in total. The molecule has 2 saturated heterocycles. The number of thiazole rings is 1. The minimum atomic E-state index is -3.61. The molecule has 1 N–H and O–H groups in total. The molecule has 32 heavy (non-hydrogen) atoms. The first-order valence-electron chi connectivity index (χ1n) is 9.86. The van der Waals surface area contributed by atoms with E-state index in [1.165, 1.54) is 28.6 Å². The van der Waals surface area contributed by atoms with Crippen LogP contribution in [0.1, 0.15) is 12.0 Å². The van der Waals surface area contributed by atoms with Crippen LogP contribution < -0.4 is 5.32 Å². The lowest BCUT2D eigenvalue weighted by atomic mass is 10.1. The number of aromatic nitrogens is 1. The molecule has 1 amide bonds. The third-order valence-corrected chi connectivity index (χ3v) is 8.39. The Balaban J connectivity index is 1.56. The fraction of sp³-hybridized carbons (Fsp3) is 0.421. The molecule has 2 aliphatic rings. The minimum absolute atomic E-state index is 0.0755. The monoisotopic (exact) mass is 500 g/mol. The van der Waals surface area contributed by atoms with E-state index < -0.39 is 21.1 Å². The van der Waals surface area contributed by atoms with Gasteiger partial charge in [-0.05, 0) is 12.1 Å². The molecule has 2 aromatic rings. The molecule has 2 fully saturated rings. The van der Waals surface area contributed by atoms with E-state index in [1.807, 2.05) is 0 Å². The molecule has 3 heterocycles. The Morgan fingerprint density at radius 3 is 2.66 bits per heavy atom. The van der Waals surface area contributed by atoms with Gasteiger partial charge in [-0.3, -0.25) is 10.1 Å². The van der Waals surface area contributed by atoms with E-state index in [9.17, 15) is 17.6 Å². The van der Waals surface area contributed by atoms with Crippen LogP contribution in [-0.4, -0.2) is 73.2 Å². The lowest BCUT2D eigenvalue weighted by molar-refractivity contribution is -0.110. The number of carbonyl (C=O) groups excluding carboxylic acids is 1. The zero-order valence-electron chi connectivity index (χ0n) is 16.9. The van der Waals surface area contributed by atoms with Gasteiger partial charge in [-0.2, -0.15) is 20.5 Å². The first kappa shape index (κ1) is 23.1. The fourth-order valence-corrected chi connectivity index (χ4v) is 6.25. The molecule has 1 atom stereocenters. The highest BCUT2D eigenvalue weighted by molar-refractivity contribution is 7.99. The van der Waals surface area contributed by atoms with Crippen LogP contribution in [0.15, 0.2) is 40.5 Å². The van der Waals surface area contributed by atoms with Crippen LogP contribution in [0.25, 0.3) is 0 Å². The molecule has 0 radical (unpaired) electrons. The average molecular weight is 501 g/mol. The van der Waals surface area contributed by atoms with Crippen molar-refractivity contribution in [2.24, 2.45) is 5.16 Å². The van der Waals surface area contributed by atoms with Gasteiger partial charge >= 0.3 is 0 Å². The molecule has 2 aliphatic heterocycles. The van der Waals surface area contributed by atoms with Crippen molar-refractivity contribution in [3.8, 4) is 0 Å². The standard InChI is InChI=1S/C19H21FN4O5S3/c20-16-11-21-19(31-16)22-18(25)17(23-29-14-5-8-28-12-14)13-1-3-15(4-2-13)32(26,27)24-6-9-30-10-7-24/h1-4,11,14H,5-10,12H2,(H,21,22,25)/b23-17+/t14-/m1/s1. The second kappa shape index (κ2) is 10.3. The average Bonchev–Trinajstić information content (AvgIpc) is 3.46. The van der Waals surface area contributed by atoms with Crippen molar-refractivity contribution < 1.29 is 27.2 Å². The molecule has 0 bridgehead atoms. The van der Waals surface area contributed by atoms with E-state index in [0.717, 1.165) is 17.7 Å². The number of benzene rings is 1. The summed E-state index contributed by atoms with van der Waals surface area (Å²) in [7, 11) is -3.61. The summed E-state index contributed by atoms with van der Waals surface area (Å²) in [6.45, 7) is 1.83. The molecule has 1 aromatic heterocycles. The Morgan fingerprint density at radius 1 is 1.28 bits per heavy atom. The number of amides is 1. The van der Waals surface area contributed by atoms with E-state index in [4.69, 9.17) is 9.57 Å². The van der Waals surface area contributed by atoms with Crippen molar-refractivity contribution in [1.29, 1.82) is 0 Å². The van der Waals surface area contributed by atoms with E-state index >= 15 is 0 Å². The zero-order valence-corrected chi connectivity index (χ0v) is 19.3. The van der Waals surface area contributed by atoms with Crippen LogP contribution in [-0.2, 0) is 24.4 Å². The van der Waals surface area contributed by atoms with Crippen molar-refractivity contribution >= 4 is 49.9 Å². The largest absolute Gasteiger partial charge is 0.389 e. The summed E-state index contributed by atoms with van der Waals surface area (Å²) in [5.74, 6) is 0.865. The number of nitrogens with one attached hydrogen (secondary N) is 1. The number of nitrogens with zero attached hydrogens (tertiary/aromatic N) is 3. The van der Waals surface area contributed by atoms with Crippen LogP contribution >= 0.6 is 23.1 Å². The molecule has 13 heteroatoms. The maximum atomic E-state index is 13.2. The second-order valence-electron chi connectivity index (χ2n) is 7.00. The van der Waals surface area contributed by atoms with Crippen molar-refractivity contribution in [2.45, 2.75) is 17.4 Å². The highest BCUT2D eigenvalue weighted by atomic mass is 32.2. The topological polar surface area (TPSA) is 110 Å². The summed E-state index contributed by atoms with van der Waals surface area (Å²) in [5, 5.41) is 6.03. The number of sulfonamides is 1. The molecule has 172 valence electrons. The van der Waals surface area contributed by atoms with Crippen LogP contribution in [0.2, 0.25) is 0 Å². The maximum absolute atomic E-state index is 13.2. The normalized spacial score (nSPS) is 20.3. The van der Waals surface area contributed by atoms with Gasteiger partial charge in [0.05, 0.1) is 24.3 Å². The van der Waals surface area contributed by atoms with Crippen LogP contribution in [0, 0.1) is 5.13 Å². The predicted octanol–water partition coefficient (Wildman–Crippen LogP) is 2.17. The quantitative estimate of drug-likeness (QED) is 0.458. The van der Waals surface area contributed by atoms with Gasteiger partial charge in [0.1, 0.15) is 0 Å². The molecule has 0 aliphatic carbocycles. The van der Waals surface area contributed by atoms with E-state index in [1.54, 1.807) is 11.8 Å². The number of hydrogen-bond donors (Lipinski definition) is 1. The van der Waals surface area contributed by atoms with Gasteiger partial charge in [-0.25, -0.2) is 13.4 Å². The number of halogens is 1. The Kier molecular flexibility index (Phi) is 7.40. The van der Waals surface area contributed by atoms with Gasteiger partial charge in [0.15, 0.2) is 22.1 Å². The third kappa shape index (κ3) is 5.46. The van der Waals surface area contributed by atoms with Crippen molar-refractivity contribution in [3.05, 3.63) is 41.2 Å². The van der Waals surface area contributed by atoms with Crippen LogP contribution in [0.3, 0.4) is 0 Å². The summed E-state index contributed by atoms with van der Waals surface area (Å²) in [4.78, 5) is 22.2. The summed E-state index contributed by atoms with van der Waals surface area (Å²) in [6.07, 6.45) is 1.36. The number of hydrogen-bond acceptors (Lipinski definition) is 9. The molecule has 4 rings (SSSR count). The van der Waals surface area contributed by atoms with E-state index in [2.05, 4.69) is 15.5 Å². The zero-order chi connectivity index (χ0) is 22.6. The third-order valence-electron chi connectivity index (χ3n) is 4.83. The van der Waals surface area contributed by atoms with Crippen molar-refractivity contribution in [3.63, 3.8) is 0 Å². The predicted molar refractivity (Wildman–Crippen MR) is 120 cm³/mol. The first-order valence-corrected chi connectivity index (χ1v) is 13.3. The number of anilines is 1. The van der Waals surface area contributed by atoms with Gasteiger partial charge in [0.25, 0.3) is 5.91 Å². The first-order chi connectivity index (χ1) is 15.4. The second-order valence-corrected chi connectivity index (χ2v) is 11.1. The van der Waals surface area contributed by atoms with Gasteiger partial charge < -0.3 is 9.57 Å². The fourth-order valence-electron chi connectivity index (χ4n) is 3.14. The Morgan fingerprint density at radius 2 is 2.03 bits per heavy atom. The number of carbonyl (C=O) groups is 1. The summed E-state index contributed by atoms with van der Waals surface area (Å²) in [6, 6.07) is 5.88. The van der Waals surface area contributed by atoms with Gasteiger partial charge in [-0.1, -0.05) is 28.6 Å². The minimum Gasteiger partial charge on any atom is -0.389 e. The van der Waals surface area contributed by atoms with Crippen LogP contribution in [0.4, 0.5) is 9.52 Å². The maximum Gasteiger partial charge on any atom is 0.280 e. The van der Waals surface area contributed by atoms with E-state index in [-0.39, 0.29) is 21.8 Å². The molecular weight excluding hydrogens is 479 g/mol. The molecular formula is C19H21FN4O5S3. The lowest BCUT2D eigenvalue weighted by Gasteiger charge is -2.25. The van der Waals surface area contributed by atoms with Crippen LogP contribution in [0.5, 0.6) is 0 Å². The SMILES string of the molecule is O=C(Nc1ncc(F)s1)/C(=N/O[C@@H]1CCOC1)c1ccc(S(=O)(=O)N2CCSCC2)cc1. The summed E-state index contributed by atoms with van der Waals surface area (Å²) in [5.41, 5.74) is 0.275. The number of oxime groups is 1. The van der Waals surface area contributed by atoms with Gasteiger partial charge in [0, 0.05) is 36.6 Å². The van der Waals surface area contributed by atoms with E-state index in [0.29, 0.717) is 49.6 Å². The smallest absolute Gasteiger partial charge is 0.280 e. The lowest BCUT2D eigenvalue weighted by Crippen LogP contribution is -2.37.